The minimum absolute atomic E-state index is 0.134. The second-order valence-electron chi connectivity index (χ2n) is 7.06. The summed E-state index contributed by atoms with van der Waals surface area (Å²) in [4.78, 5) is 27.3. The molecule has 5 nitrogen and oxygen atoms in total. The van der Waals surface area contributed by atoms with Crippen LogP contribution in [0.2, 0.25) is 0 Å². The van der Waals surface area contributed by atoms with Gasteiger partial charge in [0.25, 0.3) is 11.8 Å². The number of hydrogen-bond donors (Lipinski definition) is 0. The maximum absolute atomic E-state index is 12.7. The SMILES string of the molecule is CN(C)c1ccc(C=NN2C(=O)[C@H]3[C@H](C2=O)[C@H]2C=C[C@H]3CC2)cc1. The quantitative estimate of drug-likeness (QED) is 0.487. The van der Waals surface area contributed by atoms with Crippen molar-refractivity contribution in [3.05, 3.63) is 42.0 Å². The lowest BCUT2D eigenvalue weighted by atomic mass is 9.63. The van der Waals surface area contributed by atoms with Gasteiger partial charge in [-0.25, -0.2) is 0 Å². The van der Waals surface area contributed by atoms with Crippen LogP contribution in [0.3, 0.4) is 0 Å². The van der Waals surface area contributed by atoms with Crippen LogP contribution in [0.5, 0.6) is 0 Å². The van der Waals surface area contributed by atoms with E-state index in [-0.39, 0.29) is 35.5 Å². The zero-order valence-electron chi connectivity index (χ0n) is 13.9. The summed E-state index contributed by atoms with van der Waals surface area (Å²) >= 11 is 0. The maximum atomic E-state index is 12.7. The van der Waals surface area contributed by atoms with E-state index in [1.807, 2.05) is 43.3 Å². The van der Waals surface area contributed by atoms with E-state index in [4.69, 9.17) is 0 Å². The fraction of sp³-hybridized carbons (Fsp3) is 0.421. The monoisotopic (exact) mass is 323 g/mol. The second kappa shape index (κ2) is 5.58. The lowest BCUT2D eigenvalue weighted by Gasteiger charge is -2.37. The Morgan fingerprint density at radius 2 is 1.54 bits per heavy atom. The first-order valence-electron chi connectivity index (χ1n) is 8.44. The van der Waals surface area contributed by atoms with Gasteiger partial charge in [0.15, 0.2) is 0 Å². The van der Waals surface area contributed by atoms with Crippen molar-refractivity contribution in [3.8, 4) is 0 Å². The molecule has 124 valence electrons. The van der Waals surface area contributed by atoms with Crippen LogP contribution in [0.25, 0.3) is 0 Å². The van der Waals surface area contributed by atoms with Crippen molar-refractivity contribution in [3.63, 3.8) is 0 Å². The standard InChI is InChI=1S/C19H21N3O2/c1-21(2)15-9-3-12(4-10-15)11-20-22-18(23)16-13-5-6-14(8-7-13)17(16)19(22)24/h3-6,9-11,13-14,16-17H,7-8H2,1-2H3/t13-,14-,16+,17+/m0/s1. The van der Waals surface area contributed by atoms with E-state index in [1.54, 1.807) is 6.21 Å². The number of rotatable bonds is 3. The number of amides is 2. The minimum atomic E-state index is -0.200. The van der Waals surface area contributed by atoms with Crippen LogP contribution in [0, 0.1) is 23.7 Å². The predicted molar refractivity (Wildman–Crippen MR) is 92.6 cm³/mol. The molecular weight excluding hydrogens is 302 g/mol. The molecule has 1 saturated heterocycles. The number of benzene rings is 1. The summed E-state index contributed by atoms with van der Waals surface area (Å²) in [5.41, 5.74) is 1.96. The topological polar surface area (TPSA) is 53.0 Å². The van der Waals surface area contributed by atoms with Crippen molar-refractivity contribution in [2.24, 2.45) is 28.8 Å². The summed E-state index contributed by atoms with van der Waals surface area (Å²) in [6.45, 7) is 0. The van der Waals surface area contributed by atoms with E-state index in [0.717, 1.165) is 29.1 Å². The summed E-state index contributed by atoms with van der Waals surface area (Å²) in [7, 11) is 3.96. The predicted octanol–water partition coefficient (Wildman–Crippen LogP) is 2.28. The number of nitrogens with zero attached hydrogens (tertiary/aromatic N) is 3. The molecule has 5 rings (SSSR count). The highest BCUT2D eigenvalue weighted by molar-refractivity contribution is 6.06. The molecule has 4 atom stereocenters. The van der Waals surface area contributed by atoms with Crippen molar-refractivity contribution in [2.45, 2.75) is 12.8 Å². The van der Waals surface area contributed by atoms with Crippen LogP contribution in [0.15, 0.2) is 41.5 Å². The molecule has 1 aromatic rings. The van der Waals surface area contributed by atoms with Gasteiger partial charge in [0.2, 0.25) is 0 Å². The van der Waals surface area contributed by atoms with Gasteiger partial charge in [-0.1, -0.05) is 24.3 Å². The van der Waals surface area contributed by atoms with Gasteiger partial charge in [0.05, 0.1) is 18.1 Å². The second-order valence-corrected chi connectivity index (χ2v) is 7.06. The molecule has 1 aromatic carbocycles. The van der Waals surface area contributed by atoms with Gasteiger partial charge in [-0.3, -0.25) is 9.59 Å². The van der Waals surface area contributed by atoms with Crippen LogP contribution in [0.4, 0.5) is 5.69 Å². The lowest BCUT2D eigenvalue weighted by molar-refractivity contribution is -0.140. The molecule has 0 spiro atoms. The molecule has 1 aliphatic heterocycles. The molecule has 5 heteroatoms. The third-order valence-electron chi connectivity index (χ3n) is 5.47. The van der Waals surface area contributed by atoms with E-state index in [1.165, 1.54) is 0 Å². The number of imide groups is 1. The number of hydrogen-bond acceptors (Lipinski definition) is 4. The molecule has 2 bridgehead atoms. The molecule has 0 radical (unpaired) electrons. The smallest absolute Gasteiger partial charge is 0.254 e. The lowest BCUT2D eigenvalue weighted by Crippen LogP contribution is -2.38. The van der Waals surface area contributed by atoms with Crippen molar-refractivity contribution < 1.29 is 9.59 Å². The highest BCUT2D eigenvalue weighted by Crippen LogP contribution is 2.49. The van der Waals surface area contributed by atoms with Crippen molar-refractivity contribution in [1.82, 2.24) is 5.01 Å². The van der Waals surface area contributed by atoms with E-state index >= 15 is 0 Å². The van der Waals surface area contributed by atoms with Gasteiger partial charge in [0, 0.05) is 19.8 Å². The molecule has 24 heavy (non-hydrogen) atoms. The molecule has 4 aliphatic rings. The van der Waals surface area contributed by atoms with Gasteiger partial charge in [-0.15, -0.1) is 0 Å². The van der Waals surface area contributed by atoms with Crippen LogP contribution in [-0.2, 0) is 9.59 Å². The molecule has 2 amide bonds. The molecule has 3 aliphatic carbocycles. The number of fused-ring (bicyclic) bond motifs is 1. The minimum Gasteiger partial charge on any atom is -0.378 e. The molecule has 0 aromatic heterocycles. The fourth-order valence-electron chi connectivity index (χ4n) is 4.16. The molecule has 1 saturated carbocycles. The van der Waals surface area contributed by atoms with Crippen LogP contribution < -0.4 is 4.90 Å². The van der Waals surface area contributed by atoms with E-state index < -0.39 is 0 Å². The van der Waals surface area contributed by atoms with Gasteiger partial charge >= 0.3 is 0 Å². The average molecular weight is 323 g/mol. The van der Waals surface area contributed by atoms with Crippen LogP contribution in [-0.4, -0.2) is 37.1 Å². The summed E-state index contributed by atoms with van der Waals surface area (Å²) in [6, 6.07) is 7.84. The van der Waals surface area contributed by atoms with Crippen LogP contribution >= 0.6 is 0 Å². The number of allylic oxidation sites excluding steroid dienone is 2. The highest BCUT2D eigenvalue weighted by atomic mass is 16.2. The first kappa shape index (κ1) is 15.1. The summed E-state index contributed by atoms with van der Waals surface area (Å²) in [6.07, 6.45) is 7.85. The first-order chi connectivity index (χ1) is 11.6. The molecule has 0 unspecified atom stereocenters. The van der Waals surface area contributed by atoms with E-state index in [9.17, 15) is 9.59 Å². The average Bonchev–Trinajstić information content (AvgIpc) is 2.87. The number of hydrazone groups is 1. The van der Waals surface area contributed by atoms with Crippen LogP contribution in [0.1, 0.15) is 18.4 Å². The summed E-state index contributed by atoms with van der Waals surface area (Å²) < 4.78 is 0. The Morgan fingerprint density at radius 1 is 1.00 bits per heavy atom. The number of carbonyl (C=O) groups is 2. The molecular formula is C19H21N3O2. The van der Waals surface area contributed by atoms with E-state index in [0.29, 0.717) is 0 Å². The summed E-state index contributed by atoms with van der Waals surface area (Å²) in [5, 5.41) is 5.32. The Morgan fingerprint density at radius 3 is 2.00 bits per heavy atom. The van der Waals surface area contributed by atoms with Gasteiger partial charge in [-0.05, 0) is 42.4 Å². The Bertz CT molecular complexity index is 703. The van der Waals surface area contributed by atoms with Crippen molar-refractivity contribution in [1.29, 1.82) is 0 Å². The fourth-order valence-corrected chi connectivity index (χ4v) is 4.16. The zero-order valence-corrected chi connectivity index (χ0v) is 13.9. The van der Waals surface area contributed by atoms with Gasteiger partial charge in [-0.2, -0.15) is 10.1 Å². The van der Waals surface area contributed by atoms with Gasteiger partial charge < -0.3 is 4.90 Å². The Kier molecular flexibility index (Phi) is 3.52. The van der Waals surface area contributed by atoms with Crippen molar-refractivity contribution >= 4 is 23.7 Å². The zero-order chi connectivity index (χ0) is 16.8. The number of anilines is 1. The maximum Gasteiger partial charge on any atom is 0.254 e. The highest BCUT2D eigenvalue weighted by Gasteiger charge is 2.56. The third-order valence-corrected chi connectivity index (χ3v) is 5.47. The Labute approximate surface area is 141 Å². The molecule has 2 fully saturated rings. The number of carbonyl (C=O) groups excluding carboxylic acids is 2. The Hall–Kier alpha value is -2.43. The summed E-state index contributed by atoms with van der Waals surface area (Å²) in [5.74, 6) is -0.258. The van der Waals surface area contributed by atoms with E-state index in [2.05, 4.69) is 17.3 Å². The molecule has 0 N–H and O–H groups in total. The van der Waals surface area contributed by atoms with Gasteiger partial charge in [0.1, 0.15) is 0 Å². The largest absolute Gasteiger partial charge is 0.378 e. The third kappa shape index (κ3) is 2.27. The Balaban J connectivity index is 1.55. The first-order valence-corrected chi connectivity index (χ1v) is 8.44. The normalized spacial score (nSPS) is 31.2. The van der Waals surface area contributed by atoms with Crippen molar-refractivity contribution in [2.75, 3.05) is 19.0 Å². The molecule has 1 heterocycles.